The van der Waals surface area contributed by atoms with Crippen molar-refractivity contribution >= 4 is 0 Å². The monoisotopic (exact) mass is 273 g/mol. The van der Waals surface area contributed by atoms with Crippen LogP contribution in [0.4, 0.5) is 0 Å². The minimum atomic E-state index is -0.802. The molecule has 2 aromatic heterocycles. The molecule has 102 valence electrons. The van der Waals surface area contributed by atoms with Gasteiger partial charge in [-0.25, -0.2) is 19.4 Å². The molecule has 20 heavy (non-hydrogen) atoms. The molecule has 8 heteroatoms. The van der Waals surface area contributed by atoms with Crippen LogP contribution in [-0.4, -0.2) is 24.9 Å². The molecule has 0 saturated heterocycles. The molecule has 0 spiro atoms. The first kappa shape index (κ1) is 13.3. The Morgan fingerprint density at radius 1 is 0.800 bits per heavy atom. The molecule has 0 amide bonds. The molecule has 0 aliphatic heterocycles. The summed E-state index contributed by atoms with van der Waals surface area (Å²) in [7, 11) is 0. The van der Waals surface area contributed by atoms with Gasteiger partial charge in [0.25, 0.3) is 0 Å². The van der Waals surface area contributed by atoms with Crippen LogP contribution < -0.4 is 17.1 Å². The third-order valence-electron chi connectivity index (χ3n) is 2.23. The predicted molar refractivity (Wildman–Crippen MR) is 72.3 cm³/mol. The van der Waals surface area contributed by atoms with Crippen molar-refractivity contribution in [2.75, 3.05) is 0 Å². The summed E-state index contributed by atoms with van der Waals surface area (Å²) >= 11 is 0. The van der Waals surface area contributed by atoms with E-state index < -0.39 is 17.1 Å². The Balaban J connectivity index is 0.000000151. The van der Waals surface area contributed by atoms with Gasteiger partial charge >= 0.3 is 17.1 Å². The van der Waals surface area contributed by atoms with Crippen molar-refractivity contribution in [3.63, 3.8) is 0 Å². The zero-order chi connectivity index (χ0) is 14.4. The predicted octanol–water partition coefficient (Wildman–Crippen LogP) is -0.172. The van der Waals surface area contributed by atoms with Gasteiger partial charge in [-0.15, -0.1) is 0 Å². The molecule has 0 aliphatic carbocycles. The van der Waals surface area contributed by atoms with Gasteiger partial charge in [0.15, 0.2) is 0 Å². The molecule has 0 aliphatic rings. The first-order valence-electron chi connectivity index (χ1n) is 5.63. The third-order valence-corrected chi connectivity index (χ3v) is 2.23. The van der Waals surface area contributed by atoms with Crippen LogP contribution in [0.1, 0.15) is 0 Å². The highest BCUT2D eigenvalue weighted by Gasteiger charge is 1.94. The second kappa shape index (κ2) is 6.14. The molecule has 3 rings (SSSR count). The molecule has 0 atom stereocenters. The summed E-state index contributed by atoms with van der Waals surface area (Å²) in [6.07, 6.45) is 3.57. The maximum absolute atomic E-state index is 10.2. The minimum absolute atomic E-state index is 0.802. The zero-order valence-corrected chi connectivity index (χ0v) is 10.2. The Morgan fingerprint density at radius 2 is 1.35 bits per heavy atom. The Hall–Kier alpha value is -3.16. The van der Waals surface area contributed by atoms with Gasteiger partial charge in [-0.3, -0.25) is 15.0 Å². The number of benzene rings is 1. The van der Waals surface area contributed by atoms with Crippen LogP contribution in [0.3, 0.4) is 0 Å². The molecule has 3 aromatic rings. The zero-order valence-electron chi connectivity index (χ0n) is 10.2. The molecule has 2 heterocycles. The molecule has 1 aromatic carbocycles. The van der Waals surface area contributed by atoms with Crippen molar-refractivity contribution in [2.45, 2.75) is 0 Å². The van der Waals surface area contributed by atoms with Gasteiger partial charge < -0.3 is 4.98 Å². The summed E-state index contributed by atoms with van der Waals surface area (Å²) in [5, 5.41) is 0. The molecule has 0 bridgehead atoms. The van der Waals surface area contributed by atoms with Crippen LogP contribution in [0.15, 0.2) is 57.1 Å². The van der Waals surface area contributed by atoms with Gasteiger partial charge in [0, 0.05) is 18.0 Å². The van der Waals surface area contributed by atoms with Crippen molar-refractivity contribution in [3.05, 3.63) is 74.2 Å². The second-order valence-corrected chi connectivity index (χ2v) is 3.67. The van der Waals surface area contributed by atoms with Crippen LogP contribution in [0, 0.1) is 0 Å². The number of aromatic amines is 4. The molecule has 0 saturated carbocycles. The van der Waals surface area contributed by atoms with E-state index in [2.05, 4.69) is 9.97 Å². The average Bonchev–Trinajstić information content (AvgIpc) is 2.92. The van der Waals surface area contributed by atoms with E-state index in [1.165, 1.54) is 0 Å². The van der Waals surface area contributed by atoms with E-state index >= 15 is 0 Å². The van der Waals surface area contributed by atoms with Gasteiger partial charge in [-0.1, -0.05) is 30.3 Å². The van der Waals surface area contributed by atoms with Crippen LogP contribution in [0.2, 0.25) is 0 Å². The minimum Gasteiger partial charge on any atom is -0.345 e. The summed E-state index contributed by atoms with van der Waals surface area (Å²) in [4.78, 5) is 43.1. The quantitative estimate of drug-likeness (QED) is 0.490. The topological polar surface area (TPSA) is 127 Å². The number of hydrogen-bond acceptors (Lipinski definition) is 4. The van der Waals surface area contributed by atoms with Crippen LogP contribution >= 0.6 is 0 Å². The maximum atomic E-state index is 10.2. The van der Waals surface area contributed by atoms with E-state index in [4.69, 9.17) is 0 Å². The SMILES string of the molecule is O=c1[nH]c(=O)[nH]c(=O)[nH]1.c1ccc(-c2ncc[nH]2)cc1. The molecule has 0 radical (unpaired) electrons. The maximum Gasteiger partial charge on any atom is 0.330 e. The van der Waals surface area contributed by atoms with E-state index in [0.717, 1.165) is 11.4 Å². The summed E-state index contributed by atoms with van der Waals surface area (Å²) in [5.74, 6) is 0.922. The Bertz CT molecular complexity index is 736. The lowest BCUT2D eigenvalue weighted by Crippen LogP contribution is -2.34. The Kier molecular flexibility index (Phi) is 4.07. The smallest absolute Gasteiger partial charge is 0.330 e. The summed E-state index contributed by atoms with van der Waals surface area (Å²) in [6.45, 7) is 0. The molecule has 4 N–H and O–H groups in total. The largest absolute Gasteiger partial charge is 0.345 e. The molecule has 8 nitrogen and oxygen atoms in total. The number of nitrogens with one attached hydrogen (secondary N) is 4. The molecular formula is C12H11N5O3. The van der Waals surface area contributed by atoms with Gasteiger partial charge in [0.1, 0.15) is 5.82 Å². The second-order valence-electron chi connectivity index (χ2n) is 3.67. The lowest BCUT2D eigenvalue weighted by molar-refractivity contribution is 0.888. The van der Waals surface area contributed by atoms with E-state index in [1.54, 1.807) is 21.1 Å². The van der Waals surface area contributed by atoms with Crippen LogP contribution in [0.25, 0.3) is 11.4 Å². The Labute approximate surface area is 111 Å². The number of H-pyrrole nitrogens is 4. The Morgan fingerprint density at radius 3 is 1.80 bits per heavy atom. The highest BCUT2D eigenvalue weighted by molar-refractivity contribution is 5.53. The lowest BCUT2D eigenvalue weighted by Gasteiger charge is -1.92. The summed E-state index contributed by atoms with van der Waals surface area (Å²) in [6, 6.07) is 10.0. The molecule has 0 unspecified atom stereocenters. The number of aromatic nitrogens is 5. The van der Waals surface area contributed by atoms with Gasteiger partial charge in [0.05, 0.1) is 0 Å². The molecular weight excluding hydrogens is 262 g/mol. The summed E-state index contributed by atoms with van der Waals surface area (Å²) < 4.78 is 0. The fraction of sp³-hybridized carbons (Fsp3) is 0. The van der Waals surface area contributed by atoms with Gasteiger partial charge in [-0.2, -0.15) is 0 Å². The highest BCUT2D eigenvalue weighted by atomic mass is 16.2. The molecule has 0 fully saturated rings. The van der Waals surface area contributed by atoms with Crippen molar-refractivity contribution in [2.24, 2.45) is 0 Å². The van der Waals surface area contributed by atoms with E-state index in [0.29, 0.717) is 0 Å². The van der Waals surface area contributed by atoms with E-state index in [9.17, 15) is 14.4 Å². The number of hydrogen-bond donors (Lipinski definition) is 4. The first-order chi connectivity index (χ1) is 9.65. The van der Waals surface area contributed by atoms with Gasteiger partial charge in [0.2, 0.25) is 0 Å². The van der Waals surface area contributed by atoms with Crippen LogP contribution in [0.5, 0.6) is 0 Å². The van der Waals surface area contributed by atoms with Gasteiger partial charge in [-0.05, 0) is 0 Å². The van der Waals surface area contributed by atoms with Crippen molar-refractivity contribution in [1.29, 1.82) is 0 Å². The van der Waals surface area contributed by atoms with E-state index in [1.807, 2.05) is 36.5 Å². The van der Waals surface area contributed by atoms with Crippen LogP contribution in [-0.2, 0) is 0 Å². The number of nitrogens with zero attached hydrogens (tertiary/aromatic N) is 1. The van der Waals surface area contributed by atoms with Crippen molar-refractivity contribution in [1.82, 2.24) is 24.9 Å². The average molecular weight is 273 g/mol. The number of imidazole rings is 1. The fourth-order valence-electron chi connectivity index (χ4n) is 1.42. The van der Waals surface area contributed by atoms with Crippen molar-refractivity contribution < 1.29 is 0 Å². The highest BCUT2D eigenvalue weighted by Crippen LogP contribution is 2.11. The third kappa shape index (κ3) is 3.67. The standard InChI is InChI=1S/C9H8N2.C3H3N3O3/c1-2-4-8(5-3-1)9-10-6-7-11-9;7-1-4-2(8)6-3(9)5-1/h1-7H,(H,10,11);(H3,4,5,6,7,8,9). The summed E-state index contributed by atoms with van der Waals surface area (Å²) in [5.41, 5.74) is -1.28. The van der Waals surface area contributed by atoms with Crippen molar-refractivity contribution in [3.8, 4) is 11.4 Å². The first-order valence-corrected chi connectivity index (χ1v) is 5.63. The fourth-order valence-corrected chi connectivity index (χ4v) is 1.42. The number of rotatable bonds is 1. The lowest BCUT2D eigenvalue weighted by atomic mass is 10.2. The normalized spacial score (nSPS) is 9.60. The van der Waals surface area contributed by atoms with E-state index in [-0.39, 0.29) is 0 Å².